The largest absolute Gasteiger partial charge is 0.354 e. The molecule has 0 saturated carbocycles. The third kappa shape index (κ3) is 7.16. The summed E-state index contributed by atoms with van der Waals surface area (Å²) in [5.41, 5.74) is 1.26. The number of amides is 2. The fraction of sp³-hybridized carbons (Fsp3) is 0.364. The van der Waals surface area contributed by atoms with Crippen molar-refractivity contribution in [3.05, 3.63) is 71.3 Å². The summed E-state index contributed by atoms with van der Waals surface area (Å²) in [6.45, 7) is 4.35. The maximum absolute atomic E-state index is 13.8. The summed E-state index contributed by atoms with van der Waals surface area (Å²) in [6.07, 6.45) is 0.795. The second-order valence-corrected chi connectivity index (χ2v) is 7.68. The number of benzene rings is 2. The van der Waals surface area contributed by atoms with Crippen molar-refractivity contribution in [1.29, 1.82) is 0 Å². The number of carbonyl (C=O) groups excluding carboxylic acids is 2. The average Bonchev–Trinajstić information content (AvgIpc) is 2.72. The molecule has 2 amide bonds. The Morgan fingerprint density at radius 2 is 1.79 bits per heavy atom. The molecule has 2 rings (SSSR count). The van der Waals surface area contributed by atoms with E-state index in [0.29, 0.717) is 17.9 Å². The number of nitrogens with one attached hydrogen (secondary N) is 1. The Balaban J connectivity index is 2.05. The zero-order valence-corrected chi connectivity index (χ0v) is 17.5. The molecular weight excluding hydrogens is 394 g/mol. The van der Waals surface area contributed by atoms with E-state index in [9.17, 15) is 18.4 Å². The van der Waals surface area contributed by atoms with Gasteiger partial charge in [0.25, 0.3) is 0 Å². The standard InChI is InChI=1S/C22H26F2N2O2S/c1-3-12-25-22(28)16(2)26(13-17-8-10-19(23)11-9-17)21(27)15-29-14-18-6-4-5-7-20(18)24/h4-11,16H,3,12-15H2,1-2H3,(H,25,28)/t16-/m1/s1. The number of hydrogen-bond donors (Lipinski definition) is 1. The van der Waals surface area contributed by atoms with Crippen LogP contribution in [0.1, 0.15) is 31.4 Å². The first-order chi connectivity index (χ1) is 13.9. The van der Waals surface area contributed by atoms with Crippen molar-refractivity contribution < 1.29 is 18.4 Å². The predicted molar refractivity (Wildman–Crippen MR) is 112 cm³/mol. The predicted octanol–water partition coefficient (Wildman–Crippen LogP) is 4.14. The number of halogens is 2. The van der Waals surface area contributed by atoms with Crippen LogP contribution in [-0.4, -0.2) is 35.1 Å². The topological polar surface area (TPSA) is 49.4 Å². The number of rotatable bonds is 10. The highest BCUT2D eigenvalue weighted by Crippen LogP contribution is 2.18. The maximum Gasteiger partial charge on any atom is 0.242 e. The van der Waals surface area contributed by atoms with Gasteiger partial charge < -0.3 is 10.2 Å². The first kappa shape index (κ1) is 22.9. The van der Waals surface area contributed by atoms with E-state index < -0.39 is 6.04 Å². The van der Waals surface area contributed by atoms with Crippen LogP contribution in [0.25, 0.3) is 0 Å². The first-order valence-corrected chi connectivity index (χ1v) is 10.7. The molecule has 29 heavy (non-hydrogen) atoms. The Morgan fingerprint density at radius 3 is 2.45 bits per heavy atom. The average molecular weight is 421 g/mol. The molecule has 0 aliphatic rings. The van der Waals surface area contributed by atoms with Crippen molar-refractivity contribution in [3.8, 4) is 0 Å². The van der Waals surface area contributed by atoms with Gasteiger partial charge in [0.1, 0.15) is 17.7 Å². The van der Waals surface area contributed by atoms with Crippen LogP contribution < -0.4 is 5.32 Å². The van der Waals surface area contributed by atoms with Crippen LogP contribution in [0.4, 0.5) is 8.78 Å². The molecular formula is C22H26F2N2O2S. The molecule has 0 bridgehead atoms. The maximum atomic E-state index is 13.8. The van der Waals surface area contributed by atoms with Gasteiger partial charge in [-0.3, -0.25) is 9.59 Å². The van der Waals surface area contributed by atoms with Crippen LogP contribution >= 0.6 is 11.8 Å². The first-order valence-electron chi connectivity index (χ1n) is 9.55. The van der Waals surface area contributed by atoms with Gasteiger partial charge in [0.2, 0.25) is 11.8 Å². The monoisotopic (exact) mass is 420 g/mol. The van der Waals surface area contributed by atoms with Crippen molar-refractivity contribution >= 4 is 23.6 Å². The van der Waals surface area contributed by atoms with Crippen molar-refractivity contribution in [2.75, 3.05) is 12.3 Å². The molecule has 0 saturated heterocycles. The van der Waals surface area contributed by atoms with E-state index in [2.05, 4.69) is 5.32 Å². The second-order valence-electron chi connectivity index (χ2n) is 6.70. The normalized spacial score (nSPS) is 11.7. The highest BCUT2D eigenvalue weighted by Gasteiger charge is 2.25. The Kier molecular flexibility index (Phi) is 9.12. The van der Waals surface area contributed by atoms with Crippen LogP contribution in [0.15, 0.2) is 48.5 Å². The number of hydrogen-bond acceptors (Lipinski definition) is 3. The van der Waals surface area contributed by atoms with E-state index in [1.54, 1.807) is 37.3 Å². The summed E-state index contributed by atoms with van der Waals surface area (Å²) in [6, 6.07) is 11.6. The number of nitrogens with zero attached hydrogens (tertiary/aromatic N) is 1. The number of thioether (sulfide) groups is 1. The highest BCUT2D eigenvalue weighted by atomic mass is 32.2. The molecule has 156 valence electrons. The van der Waals surface area contributed by atoms with Crippen LogP contribution in [0.3, 0.4) is 0 Å². The molecule has 2 aromatic rings. The molecule has 7 heteroatoms. The molecule has 0 aromatic heterocycles. The van der Waals surface area contributed by atoms with E-state index in [0.717, 1.165) is 12.0 Å². The Morgan fingerprint density at radius 1 is 1.10 bits per heavy atom. The van der Waals surface area contributed by atoms with Gasteiger partial charge in [0.05, 0.1) is 5.75 Å². The molecule has 0 heterocycles. The zero-order valence-electron chi connectivity index (χ0n) is 16.7. The summed E-state index contributed by atoms with van der Waals surface area (Å²) < 4.78 is 26.9. The number of carbonyl (C=O) groups is 2. The van der Waals surface area contributed by atoms with Crippen molar-refractivity contribution in [2.24, 2.45) is 0 Å². The fourth-order valence-corrected chi connectivity index (χ4v) is 3.61. The Hall–Kier alpha value is -2.41. The SMILES string of the molecule is CCCNC(=O)[C@@H](C)N(Cc1ccc(F)cc1)C(=O)CSCc1ccccc1F. The van der Waals surface area contributed by atoms with Crippen molar-refractivity contribution in [1.82, 2.24) is 10.2 Å². The summed E-state index contributed by atoms with van der Waals surface area (Å²) in [5.74, 6) is -0.653. The minimum atomic E-state index is -0.673. The van der Waals surface area contributed by atoms with Crippen LogP contribution in [0.5, 0.6) is 0 Å². The van der Waals surface area contributed by atoms with E-state index >= 15 is 0 Å². The quantitative estimate of drug-likeness (QED) is 0.628. The molecule has 0 aliphatic carbocycles. The smallest absolute Gasteiger partial charge is 0.242 e. The van der Waals surface area contributed by atoms with Crippen LogP contribution in [-0.2, 0) is 21.9 Å². The molecule has 0 unspecified atom stereocenters. The van der Waals surface area contributed by atoms with E-state index in [4.69, 9.17) is 0 Å². The minimum absolute atomic E-state index is 0.112. The van der Waals surface area contributed by atoms with Gasteiger partial charge in [0, 0.05) is 18.8 Å². The third-order valence-electron chi connectivity index (χ3n) is 4.42. The third-order valence-corrected chi connectivity index (χ3v) is 5.39. The summed E-state index contributed by atoms with van der Waals surface area (Å²) in [7, 11) is 0. The molecule has 0 spiro atoms. The summed E-state index contributed by atoms with van der Waals surface area (Å²) in [5, 5.41) is 2.80. The lowest BCUT2D eigenvalue weighted by atomic mass is 10.1. The van der Waals surface area contributed by atoms with Gasteiger partial charge in [-0.1, -0.05) is 37.3 Å². The van der Waals surface area contributed by atoms with Crippen LogP contribution in [0, 0.1) is 11.6 Å². The fourth-order valence-electron chi connectivity index (χ4n) is 2.71. The lowest BCUT2D eigenvalue weighted by molar-refractivity contribution is -0.138. The van der Waals surface area contributed by atoms with Gasteiger partial charge in [-0.2, -0.15) is 0 Å². The molecule has 0 aliphatic heterocycles. The molecule has 0 fully saturated rings. The van der Waals surface area contributed by atoms with Gasteiger partial charge in [-0.15, -0.1) is 11.8 Å². The summed E-state index contributed by atoms with van der Waals surface area (Å²) >= 11 is 1.29. The molecule has 4 nitrogen and oxygen atoms in total. The molecule has 2 aromatic carbocycles. The molecule has 1 N–H and O–H groups in total. The van der Waals surface area contributed by atoms with Gasteiger partial charge in [0.15, 0.2) is 0 Å². The van der Waals surface area contributed by atoms with E-state index in [1.165, 1.54) is 34.9 Å². The Labute approximate surface area is 174 Å². The Bertz CT molecular complexity index is 815. The molecule has 1 atom stereocenters. The van der Waals surface area contributed by atoms with Crippen LogP contribution in [0.2, 0.25) is 0 Å². The van der Waals surface area contributed by atoms with Crippen molar-refractivity contribution in [2.45, 2.75) is 38.6 Å². The molecule has 0 radical (unpaired) electrons. The summed E-state index contributed by atoms with van der Waals surface area (Å²) in [4.78, 5) is 26.8. The van der Waals surface area contributed by atoms with Gasteiger partial charge >= 0.3 is 0 Å². The van der Waals surface area contributed by atoms with E-state index in [1.807, 2.05) is 6.92 Å². The zero-order chi connectivity index (χ0) is 21.2. The van der Waals surface area contributed by atoms with E-state index in [-0.39, 0.29) is 35.7 Å². The van der Waals surface area contributed by atoms with Crippen molar-refractivity contribution in [3.63, 3.8) is 0 Å². The second kappa shape index (κ2) is 11.6. The van der Waals surface area contributed by atoms with Gasteiger partial charge in [-0.25, -0.2) is 8.78 Å². The lowest BCUT2D eigenvalue weighted by Crippen LogP contribution is -2.48. The minimum Gasteiger partial charge on any atom is -0.354 e. The highest BCUT2D eigenvalue weighted by molar-refractivity contribution is 7.99. The lowest BCUT2D eigenvalue weighted by Gasteiger charge is -2.28. The van der Waals surface area contributed by atoms with Gasteiger partial charge in [-0.05, 0) is 42.7 Å².